The normalized spacial score (nSPS) is 10.8. The molecule has 0 unspecified atom stereocenters. The molecule has 0 spiro atoms. The van der Waals surface area contributed by atoms with Gasteiger partial charge in [-0.2, -0.15) is 5.10 Å². The van der Waals surface area contributed by atoms with Gasteiger partial charge in [0, 0.05) is 25.2 Å². The van der Waals surface area contributed by atoms with Crippen LogP contribution in [0.5, 0.6) is 0 Å². The molecule has 0 aliphatic heterocycles. The lowest BCUT2D eigenvalue weighted by atomic mass is 10.2. The van der Waals surface area contributed by atoms with Gasteiger partial charge in [-0.15, -0.1) is 0 Å². The maximum atomic E-state index is 6.17. The first-order chi connectivity index (χ1) is 9.52. The number of nitrogen functional groups attached to an aromatic ring is 1. The third-order valence-corrected chi connectivity index (χ3v) is 3.49. The van der Waals surface area contributed by atoms with E-state index in [-0.39, 0.29) is 0 Å². The quantitative estimate of drug-likeness (QED) is 0.918. The molecular formula is C15H21ClN4. The highest BCUT2D eigenvalue weighted by Gasteiger charge is 2.16. The van der Waals surface area contributed by atoms with Crippen LogP contribution in [-0.4, -0.2) is 16.8 Å². The largest absolute Gasteiger partial charge is 0.394 e. The summed E-state index contributed by atoms with van der Waals surface area (Å²) < 4.78 is 1.98. The van der Waals surface area contributed by atoms with Gasteiger partial charge in [-0.05, 0) is 31.0 Å². The van der Waals surface area contributed by atoms with E-state index in [2.05, 4.69) is 23.0 Å². The summed E-state index contributed by atoms with van der Waals surface area (Å²) in [5.74, 6) is 0.976. The van der Waals surface area contributed by atoms with Gasteiger partial charge in [0.15, 0.2) is 5.82 Å². The van der Waals surface area contributed by atoms with Gasteiger partial charge in [0.2, 0.25) is 0 Å². The molecule has 0 bridgehead atoms. The average Bonchev–Trinajstić information content (AvgIpc) is 2.65. The number of halogens is 1. The monoisotopic (exact) mass is 292 g/mol. The van der Waals surface area contributed by atoms with Crippen LogP contribution < -0.4 is 10.6 Å². The van der Waals surface area contributed by atoms with E-state index in [0.29, 0.717) is 0 Å². The topological polar surface area (TPSA) is 47.1 Å². The summed E-state index contributed by atoms with van der Waals surface area (Å²) >= 11 is 6.03. The van der Waals surface area contributed by atoms with Gasteiger partial charge in [-0.3, -0.25) is 0 Å². The summed E-state index contributed by atoms with van der Waals surface area (Å²) in [6.07, 6.45) is 1.03. The Morgan fingerprint density at radius 3 is 2.80 bits per heavy atom. The van der Waals surface area contributed by atoms with Crippen molar-refractivity contribution < 1.29 is 0 Å². The summed E-state index contributed by atoms with van der Waals surface area (Å²) in [6, 6.07) is 7.88. The van der Waals surface area contributed by atoms with Gasteiger partial charge in [0.1, 0.15) is 0 Å². The summed E-state index contributed by atoms with van der Waals surface area (Å²) in [5, 5.41) is 5.26. The first-order valence-corrected chi connectivity index (χ1v) is 7.19. The van der Waals surface area contributed by atoms with Crippen molar-refractivity contribution in [1.29, 1.82) is 0 Å². The molecule has 0 fully saturated rings. The Morgan fingerprint density at radius 1 is 1.40 bits per heavy atom. The Bertz CT molecular complexity index is 592. The van der Waals surface area contributed by atoms with Crippen LogP contribution in [0.25, 0.3) is 0 Å². The second-order valence-corrected chi connectivity index (χ2v) is 5.47. The van der Waals surface area contributed by atoms with Crippen molar-refractivity contribution in [2.24, 2.45) is 0 Å². The van der Waals surface area contributed by atoms with Gasteiger partial charge in [-0.25, -0.2) is 4.68 Å². The van der Waals surface area contributed by atoms with Gasteiger partial charge >= 0.3 is 0 Å². The molecule has 5 heteroatoms. The van der Waals surface area contributed by atoms with E-state index in [1.54, 1.807) is 0 Å². The third kappa shape index (κ3) is 3.07. The summed E-state index contributed by atoms with van der Waals surface area (Å²) in [6.45, 7) is 5.69. The van der Waals surface area contributed by atoms with Gasteiger partial charge < -0.3 is 10.6 Å². The first kappa shape index (κ1) is 14.7. The number of aryl methyl sites for hydroxylation is 2. The summed E-state index contributed by atoms with van der Waals surface area (Å²) in [7, 11) is 2.03. The van der Waals surface area contributed by atoms with Crippen LogP contribution in [0, 0.1) is 6.92 Å². The fraction of sp³-hybridized carbons (Fsp3) is 0.400. The molecule has 0 aliphatic rings. The zero-order valence-electron chi connectivity index (χ0n) is 12.2. The average molecular weight is 293 g/mol. The highest BCUT2D eigenvalue weighted by molar-refractivity contribution is 6.30. The van der Waals surface area contributed by atoms with Crippen molar-refractivity contribution in [2.75, 3.05) is 17.7 Å². The minimum atomic E-state index is 0.750. The lowest BCUT2D eigenvalue weighted by molar-refractivity contribution is 0.591. The second kappa shape index (κ2) is 6.18. The van der Waals surface area contributed by atoms with Crippen LogP contribution in [0.4, 0.5) is 11.5 Å². The Balaban J connectivity index is 2.26. The summed E-state index contributed by atoms with van der Waals surface area (Å²) in [4.78, 5) is 2.12. The minimum Gasteiger partial charge on any atom is -0.394 e. The van der Waals surface area contributed by atoms with E-state index in [1.165, 1.54) is 0 Å². The molecule has 0 saturated heterocycles. The molecule has 2 rings (SSSR count). The van der Waals surface area contributed by atoms with Crippen LogP contribution in [0.3, 0.4) is 0 Å². The molecular weight excluding hydrogens is 272 g/mol. The number of rotatable bonds is 5. The Morgan fingerprint density at radius 2 is 2.15 bits per heavy atom. The highest BCUT2D eigenvalue weighted by atomic mass is 35.5. The standard InChI is InChI=1S/C15H21ClN4/c1-4-8-20-15(14(17)11(2)18-20)19(3)10-12-6-5-7-13(16)9-12/h5-7,9H,4,8,10,17H2,1-3H3. The molecule has 1 heterocycles. The van der Waals surface area contributed by atoms with Gasteiger partial charge in [-0.1, -0.05) is 30.7 Å². The van der Waals surface area contributed by atoms with Crippen molar-refractivity contribution >= 4 is 23.1 Å². The SMILES string of the molecule is CCCn1nc(C)c(N)c1N(C)Cc1cccc(Cl)c1. The van der Waals surface area contributed by atoms with E-state index >= 15 is 0 Å². The predicted molar refractivity (Wildman–Crippen MR) is 85.2 cm³/mol. The molecule has 20 heavy (non-hydrogen) atoms. The Labute approximate surface area is 125 Å². The van der Waals surface area contributed by atoms with Crippen molar-refractivity contribution in [3.05, 3.63) is 40.5 Å². The number of anilines is 2. The van der Waals surface area contributed by atoms with Crippen molar-refractivity contribution in [2.45, 2.75) is 33.4 Å². The molecule has 2 N–H and O–H groups in total. The fourth-order valence-electron chi connectivity index (χ4n) is 2.34. The number of aromatic nitrogens is 2. The second-order valence-electron chi connectivity index (χ2n) is 5.03. The van der Waals surface area contributed by atoms with Crippen LogP contribution in [-0.2, 0) is 13.1 Å². The van der Waals surface area contributed by atoms with E-state index < -0.39 is 0 Å². The highest BCUT2D eigenvalue weighted by Crippen LogP contribution is 2.27. The smallest absolute Gasteiger partial charge is 0.150 e. The molecule has 1 aromatic heterocycles. The number of hydrogen-bond donors (Lipinski definition) is 1. The number of nitrogens with two attached hydrogens (primary N) is 1. The Kier molecular flexibility index (Phi) is 4.55. The molecule has 1 aromatic carbocycles. The molecule has 0 aliphatic carbocycles. The molecule has 2 aromatic rings. The van der Waals surface area contributed by atoms with Crippen LogP contribution >= 0.6 is 11.6 Å². The lowest BCUT2D eigenvalue weighted by Gasteiger charge is -2.21. The van der Waals surface area contributed by atoms with E-state index in [0.717, 1.165) is 47.3 Å². The van der Waals surface area contributed by atoms with Crippen molar-refractivity contribution in [3.63, 3.8) is 0 Å². The summed E-state index contributed by atoms with van der Waals surface area (Å²) in [5.41, 5.74) is 8.95. The van der Waals surface area contributed by atoms with Crippen LogP contribution in [0.2, 0.25) is 5.02 Å². The van der Waals surface area contributed by atoms with Crippen LogP contribution in [0.1, 0.15) is 24.6 Å². The predicted octanol–water partition coefficient (Wildman–Crippen LogP) is 3.47. The van der Waals surface area contributed by atoms with E-state index in [4.69, 9.17) is 17.3 Å². The van der Waals surface area contributed by atoms with E-state index in [9.17, 15) is 0 Å². The van der Waals surface area contributed by atoms with Crippen molar-refractivity contribution in [1.82, 2.24) is 9.78 Å². The minimum absolute atomic E-state index is 0.750. The zero-order valence-corrected chi connectivity index (χ0v) is 13.0. The van der Waals surface area contributed by atoms with E-state index in [1.807, 2.05) is 36.9 Å². The zero-order chi connectivity index (χ0) is 14.7. The lowest BCUT2D eigenvalue weighted by Crippen LogP contribution is -2.21. The van der Waals surface area contributed by atoms with Gasteiger partial charge in [0.05, 0.1) is 11.4 Å². The molecule has 0 amide bonds. The maximum Gasteiger partial charge on any atom is 0.150 e. The molecule has 108 valence electrons. The third-order valence-electron chi connectivity index (χ3n) is 3.25. The fourth-order valence-corrected chi connectivity index (χ4v) is 2.55. The molecule has 0 atom stereocenters. The van der Waals surface area contributed by atoms with Gasteiger partial charge in [0.25, 0.3) is 0 Å². The number of hydrogen-bond acceptors (Lipinski definition) is 3. The molecule has 0 saturated carbocycles. The molecule has 0 radical (unpaired) electrons. The Hall–Kier alpha value is -1.68. The van der Waals surface area contributed by atoms with Crippen LogP contribution in [0.15, 0.2) is 24.3 Å². The first-order valence-electron chi connectivity index (χ1n) is 6.81. The van der Waals surface area contributed by atoms with Crippen molar-refractivity contribution in [3.8, 4) is 0 Å². The number of nitrogens with zero attached hydrogens (tertiary/aromatic N) is 3. The number of benzene rings is 1. The maximum absolute atomic E-state index is 6.17. The molecule has 4 nitrogen and oxygen atoms in total.